The summed E-state index contributed by atoms with van der Waals surface area (Å²) in [4.78, 5) is 36.1. The molecule has 0 aromatic carbocycles. The Kier molecular flexibility index (Phi) is 11.7. The molecular formula is C29H48N4O5S. The summed E-state index contributed by atoms with van der Waals surface area (Å²) in [7, 11) is 0. The van der Waals surface area contributed by atoms with Crippen molar-refractivity contribution in [2.75, 3.05) is 37.0 Å². The SMILES string of the molecule is CCCCC(CC)COC(=O)CCSc1cnc(N2CCC3(CC2)CO[C@@H](C)[C@H]3NC(=O)OC(C)(C)C)cn1. The van der Waals surface area contributed by atoms with Crippen LogP contribution in [-0.2, 0) is 19.0 Å². The lowest BCUT2D eigenvalue weighted by molar-refractivity contribution is -0.144. The Labute approximate surface area is 238 Å². The first-order chi connectivity index (χ1) is 18.5. The molecule has 1 unspecified atom stereocenters. The molecule has 3 atom stereocenters. The van der Waals surface area contributed by atoms with Crippen LogP contribution < -0.4 is 10.2 Å². The van der Waals surface area contributed by atoms with Crippen LogP contribution in [0.4, 0.5) is 10.6 Å². The number of aromatic nitrogens is 2. The minimum atomic E-state index is -0.540. The Morgan fingerprint density at radius 2 is 1.97 bits per heavy atom. The van der Waals surface area contributed by atoms with Crippen LogP contribution in [0.1, 0.15) is 86.5 Å². The Balaban J connectivity index is 1.43. The number of nitrogens with zero attached hydrogens (tertiary/aromatic N) is 3. The van der Waals surface area contributed by atoms with E-state index < -0.39 is 11.7 Å². The van der Waals surface area contributed by atoms with E-state index in [4.69, 9.17) is 14.2 Å². The number of carbonyl (C=O) groups is 2. The number of nitrogens with one attached hydrogen (secondary N) is 1. The summed E-state index contributed by atoms with van der Waals surface area (Å²) in [6, 6.07) is -0.0877. The molecule has 0 bridgehead atoms. The van der Waals surface area contributed by atoms with Gasteiger partial charge >= 0.3 is 12.1 Å². The van der Waals surface area contributed by atoms with Gasteiger partial charge in [-0.25, -0.2) is 14.8 Å². The van der Waals surface area contributed by atoms with Crippen LogP contribution in [-0.4, -0.2) is 71.8 Å². The summed E-state index contributed by atoms with van der Waals surface area (Å²) in [5.74, 6) is 1.78. The molecule has 1 aromatic rings. The van der Waals surface area contributed by atoms with Gasteiger partial charge < -0.3 is 24.4 Å². The molecule has 1 amide bonds. The van der Waals surface area contributed by atoms with Gasteiger partial charge in [-0.2, -0.15) is 0 Å². The van der Waals surface area contributed by atoms with Gasteiger partial charge in [0.1, 0.15) is 16.4 Å². The quantitative estimate of drug-likeness (QED) is 0.256. The van der Waals surface area contributed by atoms with Gasteiger partial charge in [-0.15, -0.1) is 11.8 Å². The van der Waals surface area contributed by atoms with Crippen molar-refractivity contribution in [2.24, 2.45) is 11.3 Å². The number of alkyl carbamates (subject to hydrolysis) is 1. The average Bonchev–Trinajstić information content (AvgIpc) is 3.18. The van der Waals surface area contributed by atoms with Gasteiger partial charge in [0.05, 0.1) is 44.2 Å². The van der Waals surface area contributed by atoms with E-state index in [1.165, 1.54) is 24.6 Å². The predicted molar refractivity (Wildman–Crippen MR) is 154 cm³/mol. The first-order valence-electron chi connectivity index (χ1n) is 14.5. The minimum absolute atomic E-state index is 0.0634. The Morgan fingerprint density at radius 1 is 1.23 bits per heavy atom. The highest BCUT2D eigenvalue weighted by Crippen LogP contribution is 2.43. The highest BCUT2D eigenvalue weighted by atomic mass is 32.2. The first kappa shape index (κ1) is 31.5. The molecule has 0 aliphatic carbocycles. The molecule has 39 heavy (non-hydrogen) atoms. The zero-order valence-corrected chi connectivity index (χ0v) is 25.5. The van der Waals surface area contributed by atoms with E-state index >= 15 is 0 Å². The number of rotatable bonds is 12. The third-order valence-electron chi connectivity index (χ3n) is 7.71. The molecule has 2 aliphatic rings. The number of ether oxygens (including phenoxy) is 3. The molecule has 2 saturated heterocycles. The van der Waals surface area contributed by atoms with Crippen LogP contribution in [0.3, 0.4) is 0 Å². The van der Waals surface area contributed by atoms with E-state index in [9.17, 15) is 9.59 Å². The van der Waals surface area contributed by atoms with E-state index in [-0.39, 0.29) is 23.5 Å². The average molecular weight is 565 g/mol. The van der Waals surface area contributed by atoms with Crippen LogP contribution in [0.15, 0.2) is 17.4 Å². The van der Waals surface area contributed by atoms with Crippen LogP contribution in [0.2, 0.25) is 0 Å². The Hall–Kier alpha value is -2.07. The maximum atomic E-state index is 12.5. The smallest absolute Gasteiger partial charge is 0.407 e. The van der Waals surface area contributed by atoms with Crippen molar-refractivity contribution in [2.45, 2.75) is 109 Å². The van der Waals surface area contributed by atoms with Crippen molar-refractivity contribution in [3.05, 3.63) is 12.4 Å². The topological polar surface area (TPSA) is 103 Å². The lowest BCUT2D eigenvalue weighted by Crippen LogP contribution is -2.55. The summed E-state index contributed by atoms with van der Waals surface area (Å²) in [6.07, 6.45) is 9.77. The molecule has 9 nitrogen and oxygen atoms in total. The lowest BCUT2D eigenvalue weighted by Gasteiger charge is -2.42. The number of anilines is 1. The molecule has 3 rings (SSSR count). The van der Waals surface area contributed by atoms with Gasteiger partial charge in [-0.1, -0.05) is 33.1 Å². The van der Waals surface area contributed by atoms with Gasteiger partial charge in [0.2, 0.25) is 0 Å². The number of piperidine rings is 1. The third kappa shape index (κ3) is 9.52. The van der Waals surface area contributed by atoms with E-state index in [0.29, 0.717) is 31.3 Å². The second kappa shape index (κ2) is 14.5. The fraction of sp³-hybridized carbons (Fsp3) is 0.793. The highest BCUT2D eigenvalue weighted by molar-refractivity contribution is 7.99. The molecular weight excluding hydrogens is 516 g/mol. The number of amides is 1. The second-order valence-electron chi connectivity index (χ2n) is 11.9. The van der Waals surface area contributed by atoms with Crippen molar-refractivity contribution in [3.63, 3.8) is 0 Å². The monoisotopic (exact) mass is 564 g/mol. The van der Waals surface area contributed by atoms with Crippen molar-refractivity contribution in [3.8, 4) is 0 Å². The van der Waals surface area contributed by atoms with E-state index in [2.05, 4.69) is 34.0 Å². The molecule has 2 aliphatic heterocycles. The summed E-state index contributed by atoms with van der Waals surface area (Å²) >= 11 is 1.52. The lowest BCUT2D eigenvalue weighted by atomic mass is 9.73. The van der Waals surface area contributed by atoms with Crippen molar-refractivity contribution in [1.29, 1.82) is 0 Å². The summed E-state index contributed by atoms with van der Waals surface area (Å²) < 4.78 is 17.0. The zero-order valence-electron chi connectivity index (χ0n) is 24.7. The molecule has 10 heteroatoms. The van der Waals surface area contributed by atoms with Gasteiger partial charge in [-0.05, 0) is 52.9 Å². The van der Waals surface area contributed by atoms with E-state index in [0.717, 1.165) is 49.6 Å². The largest absolute Gasteiger partial charge is 0.465 e. The van der Waals surface area contributed by atoms with Crippen LogP contribution in [0.25, 0.3) is 0 Å². The molecule has 0 radical (unpaired) electrons. The predicted octanol–water partition coefficient (Wildman–Crippen LogP) is 5.62. The van der Waals surface area contributed by atoms with Crippen molar-refractivity contribution >= 4 is 29.6 Å². The maximum Gasteiger partial charge on any atom is 0.407 e. The number of carbonyl (C=O) groups excluding carboxylic acids is 2. The number of hydrogen-bond donors (Lipinski definition) is 1. The second-order valence-corrected chi connectivity index (χ2v) is 13.0. The molecule has 0 saturated carbocycles. The van der Waals surface area contributed by atoms with Gasteiger partial charge in [-0.3, -0.25) is 4.79 Å². The molecule has 2 fully saturated rings. The number of esters is 1. The fourth-order valence-electron chi connectivity index (χ4n) is 5.29. The molecule has 1 spiro atoms. The highest BCUT2D eigenvalue weighted by Gasteiger charge is 2.50. The van der Waals surface area contributed by atoms with Crippen LogP contribution in [0.5, 0.6) is 0 Å². The van der Waals surface area contributed by atoms with Gasteiger partial charge in [0.15, 0.2) is 0 Å². The normalized spacial score (nSPS) is 21.5. The van der Waals surface area contributed by atoms with E-state index in [1.807, 2.05) is 33.9 Å². The number of unbranched alkanes of at least 4 members (excludes halogenated alkanes) is 1. The maximum absolute atomic E-state index is 12.5. The van der Waals surface area contributed by atoms with Crippen LogP contribution >= 0.6 is 11.8 Å². The molecule has 1 aromatic heterocycles. The van der Waals surface area contributed by atoms with Gasteiger partial charge in [0, 0.05) is 24.3 Å². The standard InChI is InChI=1S/C29H48N4O5S/c1-7-9-10-22(8-2)19-36-25(34)11-16-39-24-18-30-23(17-31-24)33-14-12-29(13-15-33)20-37-21(3)26(29)32-27(35)38-28(4,5)6/h17-18,21-22,26H,7-16,19-20H2,1-6H3,(H,32,35)/t21-,22?,26+/m0/s1. The number of thioether (sulfide) groups is 1. The summed E-state index contributed by atoms with van der Waals surface area (Å²) in [5, 5.41) is 3.89. The van der Waals surface area contributed by atoms with Crippen LogP contribution in [0, 0.1) is 11.3 Å². The Bertz CT molecular complexity index is 915. The molecule has 3 heterocycles. The van der Waals surface area contributed by atoms with Crippen molar-refractivity contribution in [1.82, 2.24) is 15.3 Å². The summed E-state index contributed by atoms with van der Waals surface area (Å²) in [5.41, 5.74) is -0.653. The zero-order chi connectivity index (χ0) is 28.5. The summed E-state index contributed by atoms with van der Waals surface area (Å²) in [6.45, 7) is 14.7. The van der Waals surface area contributed by atoms with Crippen molar-refractivity contribution < 1.29 is 23.8 Å². The van der Waals surface area contributed by atoms with Gasteiger partial charge in [0.25, 0.3) is 0 Å². The first-order valence-corrected chi connectivity index (χ1v) is 15.5. The minimum Gasteiger partial charge on any atom is -0.465 e. The molecule has 220 valence electrons. The Morgan fingerprint density at radius 3 is 2.59 bits per heavy atom. The number of hydrogen-bond acceptors (Lipinski definition) is 9. The fourth-order valence-corrected chi connectivity index (χ4v) is 6.02. The van der Waals surface area contributed by atoms with E-state index in [1.54, 1.807) is 6.20 Å². The molecule has 1 N–H and O–H groups in total. The third-order valence-corrected chi connectivity index (χ3v) is 8.63.